The van der Waals surface area contributed by atoms with Crippen molar-refractivity contribution in [2.75, 3.05) is 13.1 Å². The van der Waals surface area contributed by atoms with Gasteiger partial charge in [0.15, 0.2) is 5.96 Å². The van der Waals surface area contributed by atoms with E-state index in [2.05, 4.69) is 41.5 Å². The smallest absolute Gasteiger partial charge is 0.191 e. The lowest BCUT2D eigenvalue weighted by atomic mass is 9.93. The summed E-state index contributed by atoms with van der Waals surface area (Å²) in [6, 6.07) is 0. The molecule has 0 saturated heterocycles. The van der Waals surface area contributed by atoms with Gasteiger partial charge in [0.1, 0.15) is 0 Å². The molecule has 0 radical (unpaired) electrons. The average Bonchev–Trinajstić information content (AvgIpc) is 2.76. The van der Waals surface area contributed by atoms with E-state index >= 15 is 0 Å². The third kappa shape index (κ3) is 7.52. The fourth-order valence-corrected chi connectivity index (χ4v) is 3.03. The first-order chi connectivity index (χ1) is 11.4. The molecule has 0 fully saturated rings. The molecule has 0 spiro atoms. The van der Waals surface area contributed by atoms with Gasteiger partial charge in [0.25, 0.3) is 0 Å². The molecule has 1 aromatic rings. The minimum atomic E-state index is -0.667. The van der Waals surface area contributed by atoms with E-state index in [0.29, 0.717) is 13.1 Å². The molecule has 0 saturated carbocycles. The van der Waals surface area contributed by atoms with Crippen LogP contribution in [0.15, 0.2) is 4.99 Å². The molecule has 146 valence electrons. The monoisotopic (exact) mass is 465 g/mol. The summed E-state index contributed by atoms with van der Waals surface area (Å²) in [7, 11) is 1.95. The summed E-state index contributed by atoms with van der Waals surface area (Å²) in [6.45, 7) is 12.2. The van der Waals surface area contributed by atoms with Crippen LogP contribution in [-0.4, -0.2) is 39.5 Å². The Morgan fingerprint density at radius 2 is 1.76 bits per heavy atom. The van der Waals surface area contributed by atoms with E-state index in [4.69, 9.17) is 0 Å². The molecule has 25 heavy (non-hydrogen) atoms. The number of aromatic nitrogens is 2. The maximum Gasteiger partial charge on any atom is 0.191 e. The Bertz CT molecular complexity index is 536. The quantitative estimate of drug-likeness (QED) is 0.298. The summed E-state index contributed by atoms with van der Waals surface area (Å²) in [6.07, 6.45) is 3.54. The number of hydrogen-bond donors (Lipinski definition) is 3. The zero-order valence-corrected chi connectivity index (χ0v) is 19.0. The molecular formula is C18H36IN5O. The van der Waals surface area contributed by atoms with E-state index in [-0.39, 0.29) is 24.0 Å². The largest absolute Gasteiger partial charge is 0.388 e. The Morgan fingerprint density at radius 1 is 1.16 bits per heavy atom. The molecule has 6 nitrogen and oxygen atoms in total. The normalized spacial score (nSPS) is 12.0. The minimum absolute atomic E-state index is 0. The van der Waals surface area contributed by atoms with E-state index in [9.17, 15) is 5.11 Å². The second-order valence-corrected chi connectivity index (χ2v) is 6.55. The van der Waals surface area contributed by atoms with Crippen molar-refractivity contribution in [3.63, 3.8) is 0 Å². The summed E-state index contributed by atoms with van der Waals surface area (Å²) in [5.41, 5.74) is 2.65. The fraction of sp³-hybridized carbons (Fsp3) is 0.778. The van der Waals surface area contributed by atoms with Gasteiger partial charge in [-0.25, -0.2) is 4.99 Å². The van der Waals surface area contributed by atoms with Crippen LogP contribution in [0.1, 0.15) is 63.4 Å². The number of rotatable bonds is 9. The predicted octanol–water partition coefficient (Wildman–Crippen LogP) is 3.04. The van der Waals surface area contributed by atoms with Crippen LogP contribution < -0.4 is 10.6 Å². The van der Waals surface area contributed by atoms with Crippen molar-refractivity contribution in [3.05, 3.63) is 17.0 Å². The number of halogens is 1. The highest BCUT2D eigenvalue weighted by atomic mass is 127. The molecule has 0 amide bonds. The van der Waals surface area contributed by atoms with Gasteiger partial charge >= 0.3 is 0 Å². The molecule has 0 aromatic carbocycles. The average molecular weight is 465 g/mol. The summed E-state index contributed by atoms with van der Waals surface area (Å²) in [5, 5.41) is 21.7. The number of aliphatic imine (C=N–C) groups is 1. The van der Waals surface area contributed by atoms with Gasteiger partial charge in [0.05, 0.1) is 17.8 Å². The molecular weight excluding hydrogens is 429 g/mol. The van der Waals surface area contributed by atoms with Crippen LogP contribution in [-0.2, 0) is 13.6 Å². The summed E-state index contributed by atoms with van der Waals surface area (Å²) in [5.74, 6) is 0.741. The number of aryl methyl sites for hydroxylation is 2. The van der Waals surface area contributed by atoms with E-state index in [0.717, 1.165) is 55.1 Å². The SMILES string of the molecule is CCCC(O)(CCC)CNC(=NCc1c(C)nn(C)c1C)NCC.I. The van der Waals surface area contributed by atoms with Crippen molar-refractivity contribution < 1.29 is 5.11 Å². The molecule has 1 aromatic heterocycles. The van der Waals surface area contributed by atoms with Gasteiger partial charge in [-0.2, -0.15) is 5.10 Å². The topological polar surface area (TPSA) is 74.5 Å². The highest BCUT2D eigenvalue weighted by molar-refractivity contribution is 14.0. The van der Waals surface area contributed by atoms with Crippen LogP contribution >= 0.6 is 24.0 Å². The second-order valence-electron chi connectivity index (χ2n) is 6.55. The molecule has 1 rings (SSSR count). The highest BCUT2D eigenvalue weighted by Gasteiger charge is 2.25. The molecule has 3 N–H and O–H groups in total. The number of hydrogen-bond acceptors (Lipinski definition) is 3. The first-order valence-electron chi connectivity index (χ1n) is 9.10. The summed E-state index contributed by atoms with van der Waals surface area (Å²) < 4.78 is 1.89. The van der Waals surface area contributed by atoms with E-state index < -0.39 is 5.60 Å². The van der Waals surface area contributed by atoms with Gasteiger partial charge in [-0.15, -0.1) is 24.0 Å². The summed E-state index contributed by atoms with van der Waals surface area (Å²) >= 11 is 0. The first-order valence-corrected chi connectivity index (χ1v) is 9.10. The zero-order chi connectivity index (χ0) is 18.2. The fourth-order valence-electron chi connectivity index (χ4n) is 3.03. The van der Waals surface area contributed by atoms with Crippen molar-refractivity contribution in [2.24, 2.45) is 12.0 Å². The van der Waals surface area contributed by atoms with Gasteiger partial charge in [-0.1, -0.05) is 26.7 Å². The van der Waals surface area contributed by atoms with Gasteiger partial charge < -0.3 is 15.7 Å². The van der Waals surface area contributed by atoms with Crippen LogP contribution in [0.4, 0.5) is 0 Å². The Labute approximate surface area is 169 Å². The molecule has 0 unspecified atom stereocenters. The van der Waals surface area contributed by atoms with Crippen molar-refractivity contribution in [1.29, 1.82) is 0 Å². The standard InChI is InChI=1S/C18H35N5O.HI/c1-7-10-18(24,11-8-2)13-21-17(19-9-3)20-12-16-14(4)22-23(6)15(16)5;/h24H,7-13H2,1-6H3,(H2,19,20,21);1H. The van der Waals surface area contributed by atoms with Crippen molar-refractivity contribution in [2.45, 2.75) is 72.4 Å². The highest BCUT2D eigenvalue weighted by Crippen LogP contribution is 2.18. The predicted molar refractivity (Wildman–Crippen MR) is 116 cm³/mol. The zero-order valence-electron chi connectivity index (χ0n) is 16.6. The van der Waals surface area contributed by atoms with Crippen molar-refractivity contribution in [3.8, 4) is 0 Å². The lowest BCUT2D eigenvalue weighted by Crippen LogP contribution is -2.47. The van der Waals surface area contributed by atoms with Gasteiger partial charge in [0.2, 0.25) is 0 Å². The third-order valence-electron chi connectivity index (χ3n) is 4.41. The Hall–Kier alpha value is -0.830. The van der Waals surface area contributed by atoms with Crippen molar-refractivity contribution >= 4 is 29.9 Å². The molecule has 0 aliphatic carbocycles. The number of nitrogens with one attached hydrogen (secondary N) is 2. The van der Waals surface area contributed by atoms with Gasteiger partial charge in [-0.3, -0.25) is 4.68 Å². The second kappa shape index (κ2) is 11.7. The maximum absolute atomic E-state index is 10.7. The number of guanidine groups is 1. The van der Waals surface area contributed by atoms with Gasteiger partial charge in [0, 0.05) is 31.4 Å². The molecule has 0 bridgehead atoms. The molecule has 7 heteroatoms. The van der Waals surface area contributed by atoms with Crippen LogP contribution in [0, 0.1) is 13.8 Å². The van der Waals surface area contributed by atoms with E-state index in [1.807, 2.05) is 25.6 Å². The van der Waals surface area contributed by atoms with Crippen LogP contribution in [0.5, 0.6) is 0 Å². The maximum atomic E-state index is 10.7. The lowest BCUT2D eigenvalue weighted by molar-refractivity contribution is 0.0257. The Kier molecular flexibility index (Phi) is 11.3. The Balaban J connectivity index is 0.00000576. The molecule has 0 aliphatic rings. The lowest BCUT2D eigenvalue weighted by Gasteiger charge is -2.28. The van der Waals surface area contributed by atoms with Crippen molar-refractivity contribution in [1.82, 2.24) is 20.4 Å². The van der Waals surface area contributed by atoms with Gasteiger partial charge in [-0.05, 0) is 33.6 Å². The van der Waals surface area contributed by atoms with E-state index in [1.165, 1.54) is 0 Å². The summed E-state index contributed by atoms with van der Waals surface area (Å²) in [4.78, 5) is 4.67. The molecule has 0 atom stereocenters. The number of aliphatic hydroxyl groups is 1. The minimum Gasteiger partial charge on any atom is -0.388 e. The molecule has 1 heterocycles. The van der Waals surface area contributed by atoms with Crippen LogP contribution in [0.2, 0.25) is 0 Å². The molecule has 0 aliphatic heterocycles. The van der Waals surface area contributed by atoms with Crippen LogP contribution in [0.3, 0.4) is 0 Å². The van der Waals surface area contributed by atoms with Crippen LogP contribution in [0.25, 0.3) is 0 Å². The van der Waals surface area contributed by atoms with E-state index in [1.54, 1.807) is 0 Å². The number of nitrogens with zero attached hydrogens (tertiary/aromatic N) is 3. The first kappa shape index (κ1) is 24.2. The third-order valence-corrected chi connectivity index (χ3v) is 4.41. The Morgan fingerprint density at radius 3 is 2.20 bits per heavy atom.